The van der Waals surface area contributed by atoms with Crippen LogP contribution in [0.3, 0.4) is 0 Å². The third-order valence-corrected chi connectivity index (χ3v) is 2.23. The van der Waals surface area contributed by atoms with E-state index in [4.69, 9.17) is 0 Å². The monoisotopic (exact) mass is 168 g/mol. The Balaban J connectivity index is 2.61. The standard InChI is InChI=1S/C9H16N2O/c1-7(11(2)3)6-8-4-5-10-9(8)12/h6-7H,4-5H2,1-3H3,(H,10,12)/b8-6+. The number of carbonyl (C=O) groups is 1. The summed E-state index contributed by atoms with van der Waals surface area (Å²) >= 11 is 0. The molecule has 3 heteroatoms. The molecule has 0 saturated carbocycles. The second kappa shape index (κ2) is 3.72. The summed E-state index contributed by atoms with van der Waals surface area (Å²) in [5.74, 6) is 0.101. The Bertz CT molecular complexity index is 209. The van der Waals surface area contributed by atoms with Crippen LogP contribution in [0.4, 0.5) is 0 Å². The summed E-state index contributed by atoms with van der Waals surface area (Å²) in [6.07, 6.45) is 2.90. The number of amides is 1. The SMILES string of the molecule is CC(/C=C1\CCNC1=O)N(C)C. The zero-order chi connectivity index (χ0) is 9.14. The lowest BCUT2D eigenvalue weighted by Crippen LogP contribution is -2.23. The Kier molecular flexibility index (Phi) is 2.87. The molecule has 1 aliphatic heterocycles. The van der Waals surface area contributed by atoms with Gasteiger partial charge in [0.2, 0.25) is 5.91 Å². The van der Waals surface area contributed by atoms with E-state index in [9.17, 15) is 4.79 Å². The van der Waals surface area contributed by atoms with Gasteiger partial charge >= 0.3 is 0 Å². The number of hydrogen-bond donors (Lipinski definition) is 1. The number of nitrogens with zero attached hydrogens (tertiary/aromatic N) is 1. The predicted octanol–water partition coefficient (Wildman–Crippen LogP) is 0.383. The molecule has 1 heterocycles. The van der Waals surface area contributed by atoms with Crippen molar-refractivity contribution < 1.29 is 4.79 Å². The van der Waals surface area contributed by atoms with Gasteiger partial charge in [-0.25, -0.2) is 0 Å². The first-order chi connectivity index (χ1) is 5.61. The zero-order valence-electron chi connectivity index (χ0n) is 7.92. The second-order valence-electron chi connectivity index (χ2n) is 3.40. The Morgan fingerprint density at radius 3 is 2.67 bits per heavy atom. The van der Waals surface area contributed by atoms with Crippen LogP contribution in [0.2, 0.25) is 0 Å². The van der Waals surface area contributed by atoms with Crippen molar-refractivity contribution in [2.45, 2.75) is 19.4 Å². The molecule has 0 radical (unpaired) electrons. The van der Waals surface area contributed by atoms with Gasteiger partial charge in [0, 0.05) is 18.2 Å². The molecule has 3 nitrogen and oxygen atoms in total. The third kappa shape index (κ3) is 2.08. The van der Waals surface area contributed by atoms with Crippen LogP contribution in [-0.4, -0.2) is 37.5 Å². The highest BCUT2D eigenvalue weighted by Crippen LogP contribution is 2.09. The van der Waals surface area contributed by atoms with Crippen LogP contribution < -0.4 is 5.32 Å². The van der Waals surface area contributed by atoms with Crippen LogP contribution in [0.15, 0.2) is 11.6 Å². The average Bonchev–Trinajstić information content (AvgIpc) is 2.36. The normalized spacial score (nSPS) is 23.3. The van der Waals surface area contributed by atoms with Gasteiger partial charge in [-0.05, 0) is 27.4 Å². The molecule has 0 aromatic carbocycles. The van der Waals surface area contributed by atoms with Gasteiger partial charge in [0.1, 0.15) is 0 Å². The molecule has 1 aliphatic rings. The van der Waals surface area contributed by atoms with Gasteiger partial charge in [-0.2, -0.15) is 0 Å². The zero-order valence-corrected chi connectivity index (χ0v) is 7.92. The highest BCUT2D eigenvalue weighted by Gasteiger charge is 2.16. The van der Waals surface area contributed by atoms with E-state index >= 15 is 0 Å². The Morgan fingerprint density at radius 2 is 2.25 bits per heavy atom. The molecule has 1 saturated heterocycles. The van der Waals surface area contributed by atoms with E-state index in [0.29, 0.717) is 6.04 Å². The highest BCUT2D eigenvalue weighted by atomic mass is 16.1. The molecule has 0 bridgehead atoms. The van der Waals surface area contributed by atoms with Gasteiger partial charge < -0.3 is 10.2 Å². The van der Waals surface area contributed by atoms with Crippen molar-refractivity contribution in [3.8, 4) is 0 Å². The summed E-state index contributed by atoms with van der Waals surface area (Å²) in [7, 11) is 4.02. The quantitative estimate of drug-likeness (QED) is 0.605. The van der Waals surface area contributed by atoms with E-state index in [0.717, 1.165) is 18.5 Å². The molecule has 0 aromatic heterocycles. The van der Waals surface area contributed by atoms with E-state index in [1.54, 1.807) is 0 Å². The van der Waals surface area contributed by atoms with Gasteiger partial charge in [-0.3, -0.25) is 4.79 Å². The van der Waals surface area contributed by atoms with Crippen molar-refractivity contribution in [2.75, 3.05) is 20.6 Å². The number of rotatable bonds is 2. The summed E-state index contributed by atoms with van der Waals surface area (Å²) < 4.78 is 0. The van der Waals surface area contributed by atoms with Crippen molar-refractivity contribution in [2.24, 2.45) is 0 Å². The predicted molar refractivity (Wildman–Crippen MR) is 48.9 cm³/mol. The van der Waals surface area contributed by atoms with Crippen molar-refractivity contribution >= 4 is 5.91 Å². The van der Waals surface area contributed by atoms with Gasteiger partial charge in [0.25, 0.3) is 0 Å². The first-order valence-electron chi connectivity index (χ1n) is 4.26. The first-order valence-corrected chi connectivity index (χ1v) is 4.26. The van der Waals surface area contributed by atoms with Gasteiger partial charge in [0.15, 0.2) is 0 Å². The smallest absolute Gasteiger partial charge is 0.247 e. The summed E-state index contributed by atoms with van der Waals surface area (Å²) in [5.41, 5.74) is 0.927. The van der Waals surface area contributed by atoms with Gasteiger partial charge in [-0.1, -0.05) is 6.08 Å². The number of hydrogen-bond acceptors (Lipinski definition) is 2. The van der Waals surface area contributed by atoms with Crippen molar-refractivity contribution in [1.82, 2.24) is 10.2 Å². The minimum absolute atomic E-state index is 0.101. The molecular weight excluding hydrogens is 152 g/mol. The Labute approximate surface area is 73.4 Å². The van der Waals surface area contributed by atoms with Crippen molar-refractivity contribution in [3.05, 3.63) is 11.6 Å². The topological polar surface area (TPSA) is 32.3 Å². The van der Waals surface area contributed by atoms with E-state index in [1.165, 1.54) is 0 Å². The average molecular weight is 168 g/mol. The molecule has 68 valence electrons. The number of likely N-dealkylation sites (N-methyl/N-ethyl adjacent to an activating group) is 1. The Hall–Kier alpha value is -0.830. The minimum Gasteiger partial charge on any atom is -0.352 e. The number of carbonyl (C=O) groups excluding carboxylic acids is 1. The molecular formula is C9H16N2O. The van der Waals surface area contributed by atoms with Crippen LogP contribution in [0, 0.1) is 0 Å². The van der Waals surface area contributed by atoms with Crippen LogP contribution in [-0.2, 0) is 4.79 Å². The molecule has 0 spiro atoms. The van der Waals surface area contributed by atoms with E-state index in [2.05, 4.69) is 17.1 Å². The van der Waals surface area contributed by atoms with Crippen LogP contribution in [0.5, 0.6) is 0 Å². The second-order valence-corrected chi connectivity index (χ2v) is 3.40. The Morgan fingerprint density at radius 1 is 1.58 bits per heavy atom. The summed E-state index contributed by atoms with van der Waals surface area (Å²) in [5, 5.41) is 2.79. The maximum atomic E-state index is 11.1. The fourth-order valence-corrected chi connectivity index (χ4v) is 1.14. The van der Waals surface area contributed by atoms with Gasteiger partial charge in [0.05, 0.1) is 0 Å². The summed E-state index contributed by atoms with van der Waals surface area (Å²) in [4.78, 5) is 13.2. The lowest BCUT2D eigenvalue weighted by atomic mass is 10.1. The van der Waals surface area contributed by atoms with E-state index < -0.39 is 0 Å². The van der Waals surface area contributed by atoms with Gasteiger partial charge in [-0.15, -0.1) is 0 Å². The number of nitrogens with one attached hydrogen (secondary N) is 1. The van der Waals surface area contributed by atoms with E-state index in [1.807, 2.05) is 20.2 Å². The molecule has 1 unspecified atom stereocenters. The molecule has 1 N–H and O–H groups in total. The lowest BCUT2D eigenvalue weighted by molar-refractivity contribution is -0.116. The first kappa shape index (κ1) is 9.26. The largest absolute Gasteiger partial charge is 0.352 e. The molecule has 1 atom stereocenters. The molecule has 1 fully saturated rings. The van der Waals surface area contributed by atoms with E-state index in [-0.39, 0.29) is 5.91 Å². The highest BCUT2D eigenvalue weighted by molar-refractivity contribution is 5.95. The maximum absolute atomic E-state index is 11.1. The lowest BCUT2D eigenvalue weighted by Gasteiger charge is -2.15. The van der Waals surface area contributed by atoms with Crippen LogP contribution in [0.1, 0.15) is 13.3 Å². The maximum Gasteiger partial charge on any atom is 0.247 e. The van der Waals surface area contributed by atoms with Crippen LogP contribution >= 0.6 is 0 Å². The minimum atomic E-state index is 0.101. The summed E-state index contributed by atoms with van der Waals surface area (Å²) in [6, 6.07) is 0.337. The van der Waals surface area contributed by atoms with Crippen molar-refractivity contribution in [3.63, 3.8) is 0 Å². The van der Waals surface area contributed by atoms with Crippen LogP contribution in [0.25, 0.3) is 0 Å². The summed E-state index contributed by atoms with van der Waals surface area (Å²) in [6.45, 7) is 2.88. The molecule has 0 aromatic rings. The molecule has 12 heavy (non-hydrogen) atoms. The molecule has 1 amide bonds. The fraction of sp³-hybridized carbons (Fsp3) is 0.667. The molecule has 1 rings (SSSR count). The molecule has 0 aliphatic carbocycles. The fourth-order valence-electron chi connectivity index (χ4n) is 1.14. The van der Waals surface area contributed by atoms with Crippen molar-refractivity contribution in [1.29, 1.82) is 0 Å². The third-order valence-electron chi connectivity index (χ3n) is 2.23.